The van der Waals surface area contributed by atoms with Gasteiger partial charge in [-0.05, 0) is 18.1 Å². The molecule has 0 N–H and O–H groups in total. The fourth-order valence-corrected chi connectivity index (χ4v) is 1.63. The summed E-state index contributed by atoms with van der Waals surface area (Å²) in [6.45, 7) is 3.42. The molecule has 0 spiro atoms. The van der Waals surface area contributed by atoms with E-state index in [-0.39, 0.29) is 5.12 Å². The summed E-state index contributed by atoms with van der Waals surface area (Å²) in [7, 11) is 0. The third-order valence-electron chi connectivity index (χ3n) is 1.64. The molecule has 1 nitrogen and oxygen atoms in total. The Bertz CT molecular complexity index is 279. The van der Waals surface area contributed by atoms with E-state index in [9.17, 15) is 4.79 Å². The van der Waals surface area contributed by atoms with Gasteiger partial charge >= 0.3 is 0 Å². The lowest BCUT2D eigenvalue weighted by atomic mass is 10.2. The molecule has 0 amide bonds. The minimum Gasteiger partial charge on any atom is -0.282 e. The van der Waals surface area contributed by atoms with Crippen LogP contribution in [0.5, 0.6) is 0 Å². The Labute approximate surface area is 82.9 Å². The van der Waals surface area contributed by atoms with Crippen LogP contribution in [0.3, 0.4) is 0 Å². The van der Waals surface area contributed by atoms with Crippen LogP contribution in [0.25, 0.3) is 0 Å². The second kappa shape index (κ2) is 5.60. The maximum absolute atomic E-state index is 10.8. The summed E-state index contributed by atoms with van der Waals surface area (Å²) < 4.78 is 0. The number of thioether (sulfide) groups is 1. The van der Waals surface area contributed by atoms with E-state index in [0.717, 1.165) is 12.2 Å². The molecule has 1 aromatic rings. The van der Waals surface area contributed by atoms with Crippen molar-refractivity contribution in [3.63, 3.8) is 0 Å². The first-order chi connectivity index (χ1) is 6.33. The van der Waals surface area contributed by atoms with Crippen LogP contribution >= 0.6 is 11.8 Å². The molecule has 1 aromatic carbocycles. The normalized spacial score (nSPS) is 9.54. The lowest BCUT2D eigenvalue weighted by molar-refractivity contribution is -0.107. The Balaban J connectivity index is 2.28. The van der Waals surface area contributed by atoms with E-state index in [0.29, 0.717) is 0 Å². The molecule has 0 atom stereocenters. The monoisotopic (exact) mass is 192 g/mol. The van der Waals surface area contributed by atoms with Crippen LogP contribution in [0.15, 0.2) is 43.0 Å². The quantitative estimate of drug-likeness (QED) is 0.682. The molecule has 0 saturated carbocycles. The molecular weight excluding hydrogens is 180 g/mol. The first-order valence-electron chi connectivity index (χ1n) is 4.16. The van der Waals surface area contributed by atoms with E-state index in [2.05, 4.69) is 18.7 Å². The molecule has 0 radical (unpaired) electrons. The summed E-state index contributed by atoms with van der Waals surface area (Å²) in [5.41, 5.74) is 1.27. The van der Waals surface area contributed by atoms with Gasteiger partial charge in [0.05, 0.1) is 0 Å². The van der Waals surface area contributed by atoms with Crippen molar-refractivity contribution in [1.29, 1.82) is 0 Å². The second-order valence-electron chi connectivity index (χ2n) is 2.61. The van der Waals surface area contributed by atoms with E-state index < -0.39 is 0 Å². The van der Waals surface area contributed by atoms with Crippen molar-refractivity contribution in [2.75, 3.05) is 5.75 Å². The standard InChI is InChI=1S/C11H12OS/c1-2-11(12)13-9-8-10-6-4-3-5-7-10/h2-7H,1,8-9H2. The third-order valence-corrected chi connectivity index (χ3v) is 2.50. The van der Waals surface area contributed by atoms with E-state index in [4.69, 9.17) is 0 Å². The number of aryl methyl sites for hydroxylation is 1. The first-order valence-corrected chi connectivity index (χ1v) is 5.14. The number of carbonyl (C=O) groups excluding carboxylic acids is 1. The largest absolute Gasteiger partial charge is 0.282 e. The molecule has 0 aliphatic heterocycles. The predicted molar refractivity (Wildman–Crippen MR) is 57.8 cm³/mol. The Hall–Kier alpha value is -1.02. The van der Waals surface area contributed by atoms with Gasteiger partial charge in [0.2, 0.25) is 5.12 Å². The van der Waals surface area contributed by atoms with Crippen molar-refractivity contribution in [3.05, 3.63) is 48.6 Å². The van der Waals surface area contributed by atoms with Crippen molar-refractivity contribution in [1.82, 2.24) is 0 Å². The van der Waals surface area contributed by atoms with Gasteiger partial charge < -0.3 is 0 Å². The molecule has 0 aliphatic carbocycles. The molecule has 0 bridgehead atoms. The zero-order valence-electron chi connectivity index (χ0n) is 7.40. The van der Waals surface area contributed by atoms with Crippen LogP contribution in [0.1, 0.15) is 5.56 Å². The molecule has 2 heteroatoms. The summed E-state index contributed by atoms with van der Waals surface area (Å²) in [6.07, 6.45) is 2.29. The Morgan fingerprint density at radius 1 is 1.38 bits per heavy atom. The van der Waals surface area contributed by atoms with E-state index in [1.165, 1.54) is 23.4 Å². The fourth-order valence-electron chi connectivity index (χ4n) is 0.973. The molecule has 0 unspecified atom stereocenters. The minimum atomic E-state index is 0.0518. The topological polar surface area (TPSA) is 17.1 Å². The highest BCUT2D eigenvalue weighted by Crippen LogP contribution is 2.07. The van der Waals surface area contributed by atoms with Crippen LogP contribution in [-0.2, 0) is 11.2 Å². The molecule has 1 rings (SSSR count). The highest BCUT2D eigenvalue weighted by molar-refractivity contribution is 8.14. The maximum Gasteiger partial charge on any atom is 0.211 e. The van der Waals surface area contributed by atoms with E-state index in [1.54, 1.807) is 0 Å². The van der Waals surface area contributed by atoms with Gasteiger partial charge in [0.15, 0.2) is 0 Å². The smallest absolute Gasteiger partial charge is 0.211 e. The van der Waals surface area contributed by atoms with E-state index in [1.807, 2.05) is 18.2 Å². The third kappa shape index (κ3) is 3.95. The van der Waals surface area contributed by atoms with Gasteiger partial charge in [0.1, 0.15) is 0 Å². The van der Waals surface area contributed by atoms with Gasteiger partial charge in [-0.3, -0.25) is 4.79 Å². The van der Waals surface area contributed by atoms with Crippen LogP contribution < -0.4 is 0 Å². The summed E-state index contributed by atoms with van der Waals surface area (Å²) in [5, 5.41) is 0.0518. The number of rotatable bonds is 4. The summed E-state index contributed by atoms with van der Waals surface area (Å²) in [5.74, 6) is 0.828. The average molecular weight is 192 g/mol. The van der Waals surface area contributed by atoms with Gasteiger partial charge in [0.25, 0.3) is 0 Å². The molecule has 68 valence electrons. The molecule has 0 heterocycles. The SMILES string of the molecule is C=CC(=O)SCCc1ccccc1. The van der Waals surface area contributed by atoms with Crippen molar-refractivity contribution < 1.29 is 4.79 Å². The van der Waals surface area contributed by atoms with Crippen molar-refractivity contribution in [2.45, 2.75) is 6.42 Å². The van der Waals surface area contributed by atoms with Gasteiger partial charge in [0, 0.05) is 5.75 Å². The highest BCUT2D eigenvalue weighted by atomic mass is 32.2. The minimum absolute atomic E-state index is 0.0518. The zero-order valence-corrected chi connectivity index (χ0v) is 8.22. The number of benzene rings is 1. The maximum atomic E-state index is 10.8. The zero-order chi connectivity index (χ0) is 9.52. The summed E-state index contributed by atoms with van der Waals surface area (Å²) in [4.78, 5) is 10.8. The number of hydrogen-bond acceptors (Lipinski definition) is 2. The highest BCUT2D eigenvalue weighted by Gasteiger charge is 1.96. The molecule has 0 fully saturated rings. The number of hydrogen-bond donors (Lipinski definition) is 0. The van der Waals surface area contributed by atoms with Gasteiger partial charge in [-0.2, -0.15) is 0 Å². The van der Waals surface area contributed by atoms with Gasteiger partial charge in [-0.1, -0.05) is 48.7 Å². The average Bonchev–Trinajstić information content (AvgIpc) is 2.19. The van der Waals surface area contributed by atoms with Crippen LogP contribution in [0.4, 0.5) is 0 Å². The Morgan fingerprint density at radius 3 is 2.69 bits per heavy atom. The molecule has 0 saturated heterocycles. The van der Waals surface area contributed by atoms with Gasteiger partial charge in [-0.25, -0.2) is 0 Å². The second-order valence-corrected chi connectivity index (χ2v) is 3.71. The first kappa shape index (κ1) is 10.1. The van der Waals surface area contributed by atoms with Crippen LogP contribution in [0, 0.1) is 0 Å². The van der Waals surface area contributed by atoms with E-state index >= 15 is 0 Å². The number of carbonyl (C=O) groups is 1. The fraction of sp³-hybridized carbons (Fsp3) is 0.182. The van der Waals surface area contributed by atoms with Gasteiger partial charge in [-0.15, -0.1) is 0 Å². The lowest BCUT2D eigenvalue weighted by Crippen LogP contribution is -1.91. The molecule has 0 aliphatic rings. The van der Waals surface area contributed by atoms with Crippen LogP contribution in [0.2, 0.25) is 0 Å². The predicted octanol–water partition coefficient (Wildman–Crippen LogP) is 2.67. The molecular formula is C11H12OS. The van der Waals surface area contributed by atoms with Crippen molar-refractivity contribution in [2.24, 2.45) is 0 Å². The summed E-state index contributed by atoms with van der Waals surface area (Å²) >= 11 is 1.31. The Morgan fingerprint density at radius 2 is 2.08 bits per heavy atom. The lowest BCUT2D eigenvalue weighted by Gasteiger charge is -1.98. The molecule has 0 aromatic heterocycles. The summed E-state index contributed by atoms with van der Waals surface area (Å²) in [6, 6.07) is 10.1. The van der Waals surface area contributed by atoms with Crippen LogP contribution in [-0.4, -0.2) is 10.9 Å². The molecule has 13 heavy (non-hydrogen) atoms. The Kier molecular flexibility index (Phi) is 4.33. The van der Waals surface area contributed by atoms with Crippen molar-refractivity contribution in [3.8, 4) is 0 Å². The van der Waals surface area contributed by atoms with Crippen molar-refractivity contribution >= 4 is 16.9 Å².